The molecule has 1 rings (SSSR count). The molecule has 94 valence electrons. The van der Waals surface area contributed by atoms with Gasteiger partial charge in [0.15, 0.2) is 0 Å². The molecular weight excluding hydrogens is 289 g/mol. The standard InChI is InChI=1S/C12H15BrFNO2/c1-7-5-8(13)9(14)6-10(7)15-11(16)12(2,3)17-4/h5-6H,1-4H3,(H,15,16). The van der Waals surface area contributed by atoms with Crippen LogP contribution in [0.1, 0.15) is 19.4 Å². The SMILES string of the molecule is COC(C)(C)C(=O)Nc1cc(F)c(Br)cc1C. The minimum atomic E-state index is -0.948. The first-order valence-corrected chi connectivity index (χ1v) is 5.89. The molecule has 1 N–H and O–H groups in total. The molecule has 0 bridgehead atoms. The number of carbonyl (C=O) groups excluding carboxylic acids is 1. The normalized spacial score (nSPS) is 11.4. The summed E-state index contributed by atoms with van der Waals surface area (Å²) in [5, 5.41) is 2.64. The molecule has 0 spiro atoms. The minimum Gasteiger partial charge on any atom is -0.369 e. The lowest BCUT2D eigenvalue weighted by atomic mass is 10.1. The second-order valence-electron chi connectivity index (χ2n) is 4.25. The van der Waals surface area contributed by atoms with Gasteiger partial charge in [-0.1, -0.05) is 0 Å². The van der Waals surface area contributed by atoms with E-state index in [0.717, 1.165) is 5.56 Å². The van der Waals surface area contributed by atoms with E-state index < -0.39 is 11.4 Å². The zero-order valence-electron chi connectivity index (χ0n) is 10.2. The third kappa shape index (κ3) is 3.26. The van der Waals surface area contributed by atoms with Gasteiger partial charge in [0.2, 0.25) is 0 Å². The van der Waals surface area contributed by atoms with Gasteiger partial charge in [-0.15, -0.1) is 0 Å². The van der Waals surface area contributed by atoms with Gasteiger partial charge in [0, 0.05) is 12.8 Å². The average Bonchev–Trinajstić information content (AvgIpc) is 2.25. The minimum absolute atomic E-state index is 0.315. The van der Waals surface area contributed by atoms with Crippen LogP contribution in [0.15, 0.2) is 16.6 Å². The van der Waals surface area contributed by atoms with Crippen molar-refractivity contribution in [3.8, 4) is 0 Å². The van der Waals surface area contributed by atoms with Crippen LogP contribution in [0.4, 0.5) is 10.1 Å². The molecular formula is C12H15BrFNO2. The Bertz CT molecular complexity index is 446. The first-order valence-electron chi connectivity index (χ1n) is 5.10. The third-order valence-corrected chi connectivity index (χ3v) is 3.18. The number of hydrogen-bond donors (Lipinski definition) is 1. The van der Waals surface area contributed by atoms with Gasteiger partial charge in [-0.05, 0) is 54.4 Å². The van der Waals surface area contributed by atoms with E-state index >= 15 is 0 Å². The summed E-state index contributed by atoms with van der Waals surface area (Å²) < 4.78 is 18.8. The fraction of sp³-hybridized carbons (Fsp3) is 0.417. The molecule has 0 aliphatic carbocycles. The molecule has 1 aromatic rings. The van der Waals surface area contributed by atoms with Gasteiger partial charge in [0.25, 0.3) is 5.91 Å². The summed E-state index contributed by atoms with van der Waals surface area (Å²) in [6.07, 6.45) is 0. The first-order chi connectivity index (χ1) is 7.77. The Hall–Kier alpha value is -0.940. The summed E-state index contributed by atoms with van der Waals surface area (Å²) in [5.74, 6) is -0.731. The Labute approximate surface area is 108 Å². The summed E-state index contributed by atoms with van der Waals surface area (Å²) in [5.41, 5.74) is 0.273. The van der Waals surface area contributed by atoms with E-state index in [2.05, 4.69) is 21.2 Å². The number of halogens is 2. The molecule has 17 heavy (non-hydrogen) atoms. The van der Waals surface area contributed by atoms with Crippen LogP contribution < -0.4 is 5.32 Å². The fourth-order valence-corrected chi connectivity index (χ4v) is 1.60. The number of aryl methyl sites for hydroxylation is 1. The predicted molar refractivity (Wildman–Crippen MR) is 68.6 cm³/mol. The predicted octanol–water partition coefficient (Wildman–Crippen LogP) is 3.26. The van der Waals surface area contributed by atoms with Gasteiger partial charge in [-0.3, -0.25) is 4.79 Å². The summed E-state index contributed by atoms with van der Waals surface area (Å²) in [6.45, 7) is 5.08. The molecule has 0 aliphatic rings. The quantitative estimate of drug-likeness (QED) is 0.931. The van der Waals surface area contributed by atoms with Crippen molar-refractivity contribution < 1.29 is 13.9 Å². The maximum absolute atomic E-state index is 13.4. The zero-order valence-corrected chi connectivity index (χ0v) is 11.8. The van der Waals surface area contributed by atoms with E-state index in [-0.39, 0.29) is 5.91 Å². The number of nitrogens with one attached hydrogen (secondary N) is 1. The molecule has 0 heterocycles. The van der Waals surface area contributed by atoms with Crippen molar-refractivity contribution in [1.82, 2.24) is 0 Å². The molecule has 0 unspecified atom stereocenters. The highest BCUT2D eigenvalue weighted by molar-refractivity contribution is 9.10. The van der Waals surface area contributed by atoms with E-state index in [1.54, 1.807) is 26.8 Å². The number of anilines is 1. The molecule has 0 saturated carbocycles. The second kappa shape index (κ2) is 5.14. The lowest BCUT2D eigenvalue weighted by Crippen LogP contribution is -2.39. The van der Waals surface area contributed by atoms with Crippen LogP contribution in [-0.4, -0.2) is 18.6 Å². The highest BCUT2D eigenvalue weighted by atomic mass is 79.9. The molecule has 3 nitrogen and oxygen atoms in total. The topological polar surface area (TPSA) is 38.3 Å². The largest absolute Gasteiger partial charge is 0.369 e. The van der Waals surface area contributed by atoms with Gasteiger partial charge < -0.3 is 10.1 Å². The van der Waals surface area contributed by atoms with E-state index in [1.807, 2.05) is 0 Å². The Kier molecular flexibility index (Phi) is 4.27. The molecule has 5 heteroatoms. The van der Waals surface area contributed by atoms with Crippen LogP contribution in [0.25, 0.3) is 0 Å². The maximum atomic E-state index is 13.4. The molecule has 1 amide bonds. The number of benzene rings is 1. The Balaban J connectivity index is 2.97. The van der Waals surface area contributed by atoms with Gasteiger partial charge in [0.05, 0.1) is 4.47 Å². The van der Waals surface area contributed by atoms with Crippen molar-refractivity contribution >= 4 is 27.5 Å². The Morgan fingerprint density at radius 1 is 1.47 bits per heavy atom. The van der Waals surface area contributed by atoms with Crippen molar-refractivity contribution in [2.75, 3.05) is 12.4 Å². The van der Waals surface area contributed by atoms with Crippen molar-refractivity contribution in [1.29, 1.82) is 0 Å². The van der Waals surface area contributed by atoms with Crippen LogP contribution in [0.2, 0.25) is 0 Å². The van der Waals surface area contributed by atoms with E-state index in [1.165, 1.54) is 13.2 Å². The number of amides is 1. The van der Waals surface area contributed by atoms with Crippen LogP contribution in [0, 0.1) is 12.7 Å². The molecule has 0 radical (unpaired) electrons. The lowest BCUT2D eigenvalue weighted by Gasteiger charge is -2.22. The molecule has 0 fully saturated rings. The van der Waals surface area contributed by atoms with Crippen LogP contribution in [0.5, 0.6) is 0 Å². The van der Waals surface area contributed by atoms with Gasteiger partial charge in [-0.25, -0.2) is 4.39 Å². The number of methoxy groups -OCH3 is 1. The van der Waals surface area contributed by atoms with Crippen LogP contribution in [-0.2, 0) is 9.53 Å². The Morgan fingerprint density at radius 2 is 2.06 bits per heavy atom. The highest BCUT2D eigenvalue weighted by Crippen LogP contribution is 2.24. The van der Waals surface area contributed by atoms with E-state index in [0.29, 0.717) is 10.2 Å². The number of rotatable bonds is 3. The van der Waals surface area contributed by atoms with Gasteiger partial charge >= 0.3 is 0 Å². The molecule has 0 saturated heterocycles. The summed E-state index contributed by atoms with van der Waals surface area (Å²) in [4.78, 5) is 11.8. The summed E-state index contributed by atoms with van der Waals surface area (Å²) in [6, 6.07) is 2.90. The zero-order chi connectivity index (χ0) is 13.2. The highest BCUT2D eigenvalue weighted by Gasteiger charge is 2.27. The Morgan fingerprint density at radius 3 is 2.59 bits per heavy atom. The van der Waals surface area contributed by atoms with Crippen molar-refractivity contribution in [3.05, 3.63) is 28.0 Å². The maximum Gasteiger partial charge on any atom is 0.256 e. The lowest BCUT2D eigenvalue weighted by molar-refractivity contribution is -0.133. The van der Waals surface area contributed by atoms with Crippen molar-refractivity contribution in [2.24, 2.45) is 0 Å². The number of hydrogen-bond acceptors (Lipinski definition) is 2. The molecule has 0 aromatic heterocycles. The number of carbonyl (C=O) groups is 1. The summed E-state index contributed by atoms with van der Waals surface area (Å²) >= 11 is 3.09. The van der Waals surface area contributed by atoms with Crippen LogP contribution >= 0.6 is 15.9 Å². The number of ether oxygens (including phenoxy) is 1. The van der Waals surface area contributed by atoms with Gasteiger partial charge in [0.1, 0.15) is 11.4 Å². The molecule has 1 aromatic carbocycles. The smallest absolute Gasteiger partial charge is 0.256 e. The van der Waals surface area contributed by atoms with Crippen molar-refractivity contribution in [3.63, 3.8) is 0 Å². The molecule has 0 aliphatic heterocycles. The fourth-order valence-electron chi connectivity index (χ4n) is 1.15. The monoisotopic (exact) mass is 303 g/mol. The van der Waals surface area contributed by atoms with E-state index in [9.17, 15) is 9.18 Å². The van der Waals surface area contributed by atoms with Crippen LogP contribution in [0.3, 0.4) is 0 Å². The first kappa shape index (κ1) is 14.1. The molecule has 0 atom stereocenters. The van der Waals surface area contributed by atoms with Gasteiger partial charge in [-0.2, -0.15) is 0 Å². The van der Waals surface area contributed by atoms with E-state index in [4.69, 9.17) is 4.74 Å². The second-order valence-corrected chi connectivity index (χ2v) is 5.10. The van der Waals surface area contributed by atoms with Crippen molar-refractivity contribution in [2.45, 2.75) is 26.4 Å². The summed E-state index contributed by atoms with van der Waals surface area (Å²) in [7, 11) is 1.45. The average molecular weight is 304 g/mol. The third-order valence-electron chi connectivity index (χ3n) is 2.57.